The molecule has 0 saturated heterocycles. The molecule has 0 aromatic carbocycles. The first kappa shape index (κ1) is 10.6. The van der Waals surface area contributed by atoms with Crippen molar-refractivity contribution >= 4 is 11.3 Å². The van der Waals surface area contributed by atoms with Gasteiger partial charge in [-0.3, -0.25) is 4.98 Å². The predicted octanol–water partition coefficient (Wildman–Crippen LogP) is 1.44. The number of aromatic nitrogens is 1. The Morgan fingerprint density at radius 2 is 2.54 bits per heavy atom. The van der Waals surface area contributed by atoms with Crippen LogP contribution < -0.4 is 5.73 Å². The molecular weight excluding hydrogens is 184 g/mol. The van der Waals surface area contributed by atoms with Crippen LogP contribution in [0, 0.1) is 0 Å². The molecule has 1 rings (SSSR count). The highest BCUT2D eigenvalue weighted by atomic mass is 32.1. The Hall–Kier alpha value is -0.450. The number of hydrogen-bond donors (Lipinski definition) is 1. The van der Waals surface area contributed by atoms with Crippen LogP contribution in [0.1, 0.15) is 18.2 Å². The molecule has 0 bridgehead atoms. The minimum atomic E-state index is 0.104. The summed E-state index contributed by atoms with van der Waals surface area (Å²) in [5, 5.41) is 0. The van der Waals surface area contributed by atoms with Gasteiger partial charge in [0.15, 0.2) is 0 Å². The van der Waals surface area contributed by atoms with Gasteiger partial charge in [-0.2, -0.15) is 0 Å². The summed E-state index contributed by atoms with van der Waals surface area (Å²) in [5.41, 5.74) is 7.69. The fourth-order valence-corrected chi connectivity index (χ4v) is 1.73. The Kier molecular flexibility index (Phi) is 4.97. The summed E-state index contributed by atoms with van der Waals surface area (Å²) in [5.74, 6) is 0. The average Bonchev–Trinajstić information content (AvgIpc) is 2.57. The first-order chi connectivity index (χ1) is 6.33. The number of nitrogens with two attached hydrogens (primary N) is 1. The van der Waals surface area contributed by atoms with Crippen molar-refractivity contribution in [3.05, 3.63) is 16.6 Å². The largest absolute Gasteiger partial charge is 0.380 e. The van der Waals surface area contributed by atoms with E-state index in [1.165, 1.54) is 4.88 Å². The van der Waals surface area contributed by atoms with E-state index >= 15 is 0 Å². The lowest BCUT2D eigenvalue weighted by molar-refractivity contribution is 0.121. The normalized spacial score (nSPS) is 13.1. The van der Waals surface area contributed by atoms with Gasteiger partial charge < -0.3 is 10.5 Å². The van der Waals surface area contributed by atoms with Crippen molar-refractivity contribution in [3.8, 4) is 0 Å². The highest BCUT2D eigenvalue weighted by molar-refractivity contribution is 7.09. The zero-order valence-corrected chi connectivity index (χ0v) is 8.72. The second kappa shape index (κ2) is 6.07. The molecular formula is C9H16N2OS. The minimum Gasteiger partial charge on any atom is -0.380 e. The van der Waals surface area contributed by atoms with Crippen molar-refractivity contribution in [2.75, 3.05) is 13.2 Å². The standard InChI is InChI=1S/C9H16N2OS/c1-2-3-12-6-8(10)4-9-5-11-7-13-9/h5,7-8H,2-4,6,10H2,1H3. The van der Waals surface area contributed by atoms with Crippen molar-refractivity contribution in [1.82, 2.24) is 4.98 Å². The van der Waals surface area contributed by atoms with Crippen molar-refractivity contribution in [1.29, 1.82) is 0 Å². The van der Waals surface area contributed by atoms with Gasteiger partial charge in [0.25, 0.3) is 0 Å². The van der Waals surface area contributed by atoms with Crippen LogP contribution in [0.2, 0.25) is 0 Å². The molecule has 0 aliphatic rings. The molecule has 3 nitrogen and oxygen atoms in total. The third-order valence-corrected chi connectivity index (χ3v) is 2.43. The van der Waals surface area contributed by atoms with E-state index in [1.54, 1.807) is 11.3 Å². The topological polar surface area (TPSA) is 48.1 Å². The highest BCUT2D eigenvalue weighted by Gasteiger charge is 2.04. The Morgan fingerprint density at radius 3 is 3.15 bits per heavy atom. The summed E-state index contributed by atoms with van der Waals surface area (Å²) in [6, 6.07) is 0.104. The van der Waals surface area contributed by atoms with E-state index in [-0.39, 0.29) is 6.04 Å². The lowest BCUT2D eigenvalue weighted by Crippen LogP contribution is -2.28. The Labute approximate surface area is 82.9 Å². The zero-order chi connectivity index (χ0) is 9.52. The molecule has 0 spiro atoms. The molecule has 0 amide bonds. The molecule has 13 heavy (non-hydrogen) atoms. The van der Waals surface area contributed by atoms with Crippen LogP contribution in [-0.2, 0) is 11.2 Å². The van der Waals surface area contributed by atoms with Gasteiger partial charge in [-0.1, -0.05) is 6.92 Å². The van der Waals surface area contributed by atoms with Gasteiger partial charge in [-0.05, 0) is 6.42 Å². The quantitative estimate of drug-likeness (QED) is 0.707. The second-order valence-electron chi connectivity index (χ2n) is 3.01. The van der Waals surface area contributed by atoms with E-state index in [1.807, 2.05) is 11.7 Å². The van der Waals surface area contributed by atoms with Crippen LogP contribution in [-0.4, -0.2) is 24.2 Å². The Bertz CT molecular complexity index is 213. The van der Waals surface area contributed by atoms with Crippen LogP contribution in [0.4, 0.5) is 0 Å². The molecule has 1 unspecified atom stereocenters. The smallest absolute Gasteiger partial charge is 0.0794 e. The number of hydrogen-bond acceptors (Lipinski definition) is 4. The highest BCUT2D eigenvalue weighted by Crippen LogP contribution is 2.07. The number of nitrogens with zero attached hydrogens (tertiary/aromatic N) is 1. The van der Waals surface area contributed by atoms with Crippen LogP contribution in [0.3, 0.4) is 0 Å². The number of ether oxygens (including phenoxy) is 1. The number of rotatable bonds is 6. The molecule has 1 heterocycles. The van der Waals surface area contributed by atoms with Crippen molar-refractivity contribution in [2.24, 2.45) is 5.73 Å². The van der Waals surface area contributed by atoms with Crippen LogP contribution >= 0.6 is 11.3 Å². The molecule has 0 fully saturated rings. The first-order valence-corrected chi connectivity index (χ1v) is 5.41. The molecule has 1 aromatic heterocycles. The summed E-state index contributed by atoms with van der Waals surface area (Å²) in [6.45, 7) is 3.54. The molecule has 0 aliphatic carbocycles. The summed E-state index contributed by atoms with van der Waals surface area (Å²) < 4.78 is 5.35. The van der Waals surface area contributed by atoms with E-state index in [0.717, 1.165) is 19.4 Å². The lowest BCUT2D eigenvalue weighted by atomic mass is 10.2. The van der Waals surface area contributed by atoms with Crippen molar-refractivity contribution in [3.63, 3.8) is 0 Å². The van der Waals surface area contributed by atoms with Gasteiger partial charge in [0.1, 0.15) is 0 Å². The van der Waals surface area contributed by atoms with Crippen LogP contribution in [0.15, 0.2) is 11.7 Å². The van der Waals surface area contributed by atoms with Gasteiger partial charge in [0.2, 0.25) is 0 Å². The number of thiazole rings is 1. The summed E-state index contributed by atoms with van der Waals surface area (Å²) in [4.78, 5) is 5.22. The van der Waals surface area contributed by atoms with E-state index in [9.17, 15) is 0 Å². The van der Waals surface area contributed by atoms with Gasteiger partial charge in [0, 0.05) is 30.1 Å². The maximum absolute atomic E-state index is 5.86. The van der Waals surface area contributed by atoms with E-state index in [4.69, 9.17) is 10.5 Å². The molecule has 0 aliphatic heterocycles. The fraction of sp³-hybridized carbons (Fsp3) is 0.667. The van der Waals surface area contributed by atoms with Crippen molar-refractivity contribution < 1.29 is 4.74 Å². The molecule has 0 radical (unpaired) electrons. The molecule has 74 valence electrons. The third kappa shape index (κ3) is 4.36. The molecule has 0 saturated carbocycles. The fourth-order valence-electron chi connectivity index (χ4n) is 1.04. The average molecular weight is 200 g/mol. The first-order valence-electron chi connectivity index (χ1n) is 4.53. The SMILES string of the molecule is CCCOCC(N)Cc1cncs1. The van der Waals surface area contributed by atoms with Crippen molar-refractivity contribution in [2.45, 2.75) is 25.8 Å². The third-order valence-electron chi connectivity index (χ3n) is 1.63. The zero-order valence-electron chi connectivity index (χ0n) is 7.90. The minimum absolute atomic E-state index is 0.104. The molecule has 4 heteroatoms. The molecule has 1 atom stereocenters. The van der Waals surface area contributed by atoms with Gasteiger partial charge in [-0.25, -0.2) is 0 Å². The van der Waals surface area contributed by atoms with E-state index < -0.39 is 0 Å². The lowest BCUT2D eigenvalue weighted by Gasteiger charge is -2.09. The summed E-state index contributed by atoms with van der Waals surface area (Å²) in [6.07, 6.45) is 3.78. The summed E-state index contributed by atoms with van der Waals surface area (Å²) >= 11 is 1.64. The molecule has 1 aromatic rings. The predicted molar refractivity (Wildman–Crippen MR) is 54.9 cm³/mol. The monoisotopic (exact) mass is 200 g/mol. The van der Waals surface area contributed by atoms with Gasteiger partial charge in [-0.15, -0.1) is 11.3 Å². The van der Waals surface area contributed by atoms with Crippen LogP contribution in [0.5, 0.6) is 0 Å². The Balaban J connectivity index is 2.14. The van der Waals surface area contributed by atoms with E-state index in [0.29, 0.717) is 6.61 Å². The molecule has 2 N–H and O–H groups in total. The van der Waals surface area contributed by atoms with E-state index in [2.05, 4.69) is 11.9 Å². The van der Waals surface area contributed by atoms with Gasteiger partial charge in [0.05, 0.1) is 12.1 Å². The second-order valence-corrected chi connectivity index (χ2v) is 3.98. The maximum Gasteiger partial charge on any atom is 0.0794 e. The van der Waals surface area contributed by atoms with Gasteiger partial charge >= 0.3 is 0 Å². The van der Waals surface area contributed by atoms with Crippen LogP contribution in [0.25, 0.3) is 0 Å². The summed E-state index contributed by atoms with van der Waals surface area (Å²) in [7, 11) is 0. The Morgan fingerprint density at radius 1 is 1.69 bits per heavy atom. The maximum atomic E-state index is 5.86.